The topological polar surface area (TPSA) is 87.5 Å². The van der Waals surface area contributed by atoms with Crippen LogP contribution in [0.2, 0.25) is 5.02 Å². The molecule has 3 aromatic rings. The lowest BCUT2D eigenvalue weighted by Crippen LogP contribution is -2.30. The standard InChI is InChI=1S/C23H19ClN4O3S/c1-15-19(21(29)28(26-15)18-5-3-2-4-6-18)14-25-11-12-27-22(30)20(32-23(27)31)13-16-7-9-17(24)10-8-16/h2-10,13-14,26H,11-12H2,1H3/b20-13+,25-14?. The van der Waals surface area contributed by atoms with Gasteiger partial charge in [0.1, 0.15) is 0 Å². The number of aromatic nitrogens is 2. The molecule has 162 valence electrons. The van der Waals surface area contributed by atoms with Crippen LogP contribution in [-0.2, 0) is 4.79 Å². The van der Waals surface area contributed by atoms with Gasteiger partial charge in [-0.25, -0.2) is 4.68 Å². The third kappa shape index (κ3) is 4.61. The minimum absolute atomic E-state index is 0.134. The lowest BCUT2D eigenvalue weighted by molar-refractivity contribution is -0.122. The fourth-order valence-electron chi connectivity index (χ4n) is 3.19. The van der Waals surface area contributed by atoms with Crippen molar-refractivity contribution in [3.05, 3.63) is 91.7 Å². The number of hydrogen-bond acceptors (Lipinski definition) is 5. The van der Waals surface area contributed by atoms with Crippen LogP contribution in [0.25, 0.3) is 11.8 Å². The summed E-state index contributed by atoms with van der Waals surface area (Å²) in [5.74, 6) is -0.352. The summed E-state index contributed by atoms with van der Waals surface area (Å²) >= 11 is 6.78. The predicted octanol–water partition coefficient (Wildman–Crippen LogP) is 4.28. The van der Waals surface area contributed by atoms with Gasteiger partial charge in [0.15, 0.2) is 0 Å². The highest BCUT2D eigenvalue weighted by Crippen LogP contribution is 2.32. The van der Waals surface area contributed by atoms with E-state index in [0.717, 1.165) is 27.9 Å². The number of aromatic amines is 1. The zero-order valence-electron chi connectivity index (χ0n) is 17.1. The lowest BCUT2D eigenvalue weighted by Gasteiger charge is -2.09. The van der Waals surface area contributed by atoms with E-state index in [9.17, 15) is 14.4 Å². The van der Waals surface area contributed by atoms with Crippen molar-refractivity contribution in [2.75, 3.05) is 13.1 Å². The molecule has 2 amide bonds. The van der Waals surface area contributed by atoms with Gasteiger partial charge in [0.05, 0.1) is 22.7 Å². The number of carbonyl (C=O) groups excluding carboxylic acids is 2. The van der Waals surface area contributed by atoms with E-state index in [4.69, 9.17) is 11.6 Å². The quantitative estimate of drug-likeness (QED) is 0.433. The molecule has 0 atom stereocenters. The van der Waals surface area contributed by atoms with E-state index in [1.807, 2.05) is 30.3 Å². The van der Waals surface area contributed by atoms with Crippen LogP contribution >= 0.6 is 23.4 Å². The smallest absolute Gasteiger partial charge is 0.293 e. The summed E-state index contributed by atoms with van der Waals surface area (Å²) in [7, 11) is 0. The number of thioether (sulfide) groups is 1. The number of nitrogens with zero attached hydrogens (tertiary/aromatic N) is 3. The van der Waals surface area contributed by atoms with Crippen molar-refractivity contribution in [3.63, 3.8) is 0 Å². The molecule has 7 nitrogen and oxygen atoms in total. The van der Waals surface area contributed by atoms with Gasteiger partial charge in [0, 0.05) is 23.5 Å². The molecule has 32 heavy (non-hydrogen) atoms. The summed E-state index contributed by atoms with van der Waals surface area (Å²) in [6.45, 7) is 2.12. The molecule has 4 rings (SSSR count). The Labute approximate surface area is 193 Å². The van der Waals surface area contributed by atoms with Gasteiger partial charge in [-0.2, -0.15) is 0 Å². The molecule has 9 heteroatoms. The molecule has 0 bridgehead atoms. The summed E-state index contributed by atoms with van der Waals surface area (Å²) in [5, 5.41) is 3.29. The average Bonchev–Trinajstić information content (AvgIpc) is 3.22. The second-order valence-corrected chi connectivity index (χ2v) is 8.48. The van der Waals surface area contributed by atoms with E-state index in [1.54, 1.807) is 37.3 Å². The van der Waals surface area contributed by atoms with E-state index in [0.29, 0.717) is 21.2 Å². The zero-order chi connectivity index (χ0) is 22.7. The number of para-hydroxylation sites is 1. The van der Waals surface area contributed by atoms with Crippen molar-refractivity contribution in [3.8, 4) is 5.69 Å². The van der Waals surface area contributed by atoms with Gasteiger partial charge in [-0.05, 0) is 54.6 Å². The van der Waals surface area contributed by atoms with E-state index < -0.39 is 0 Å². The number of aliphatic imine (C=N–C) groups is 1. The predicted molar refractivity (Wildman–Crippen MR) is 128 cm³/mol. The van der Waals surface area contributed by atoms with Gasteiger partial charge >= 0.3 is 0 Å². The molecular weight excluding hydrogens is 448 g/mol. The normalized spacial score (nSPS) is 15.4. The molecule has 0 aliphatic carbocycles. The van der Waals surface area contributed by atoms with Crippen molar-refractivity contribution in [1.29, 1.82) is 0 Å². The number of nitrogens with one attached hydrogen (secondary N) is 1. The summed E-state index contributed by atoms with van der Waals surface area (Å²) in [4.78, 5) is 43.3. The van der Waals surface area contributed by atoms with Gasteiger partial charge in [0.2, 0.25) is 0 Å². The first-order chi connectivity index (χ1) is 15.4. The Morgan fingerprint density at radius 3 is 2.50 bits per heavy atom. The zero-order valence-corrected chi connectivity index (χ0v) is 18.7. The Hall–Kier alpha value is -3.36. The van der Waals surface area contributed by atoms with Crippen molar-refractivity contribution in [2.24, 2.45) is 4.99 Å². The monoisotopic (exact) mass is 466 g/mol. The number of H-pyrrole nitrogens is 1. The summed E-state index contributed by atoms with van der Waals surface area (Å²) in [6.07, 6.45) is 3.15. The Balaban J connectivity index is 1.42. The van der Waals surface area contributed by atoms with Crippen LogP contribution in [0.3, 0.4) is 0 Å². The summed E-state index contributed by atoms with van der Waals surface area (Å²) in [6, 6.07) is 16.2. The van der Waals surface area contributed by atoms with Crippen LogP contribution in [-0.4, -0.2) is 45.1 Å². The molecule has 1 fully saturated rings. The number of aryl methyl sites for hydroxylation is 1. The minimum atomic E-state index is -0.352. The van der Waals surface area contributed by atoms with Crippen LogP contribution in [0, 0.1) is 6.92 Å². The third-order valence-electron chi connectivity index (χ3n) is 4.85. The van der Waals surface area contributed by atoms with E-state index in [2.05, 4.69) is 10.1 Å². The number of hydrogen-bond donors (Lipinski definition) is 1. The molecule has 0 radical (unpaired) electrons. The van der Waals surface area contributed by atoms with E-state index >= 15 is 0 Å². The molecule has 0 spiro atoms. The van der Waals surface area contributed by atoms with Gasteiger partial charge < -0.3 is 0 Å². The number of carbonyl (C=O) groups is 2. The van der Waals surface area contributed by atoms with Crippen molar-refractivity contribution in [1.82, 2.24) is 14.7 Å². The highest BCUT2D eigenvalue weighted by Gasteiger charge is 2.34. The molecule has 0 unspecified atom stereocenters. The lowest BCUT2D eigenvalue weighted by atomic mass is 10.2. The average molecular weight is 467 g/mol. The molecule has 1 aliphatic rings. The summed E-state index contributed by atoms with van der Waals surface area (Å²) < 4.78 is 1.45. The number of halogens is 1. The van der Waals surface area contributed by atoms with Crippen molar-refractivity contribution >= 4 is 46.8 Å². The first-order valence-electron chi connectivity index (χ1n) is 9.82. The highest BCUT2D eigenvalue weighted by atomic mass is 35.5. The molecule has 1 aromatic heterocycles. The van der Waals surface area contributed by atoms with Gasteiger partial charge in [-0.15, -0.1) is 0 Å². The van der Waals surface area contributed by atoms with Gasteiger partial charge in [-0.3, -0.25) is 29.4 Å². The second-order valence-electron chi connectivity index (χ2n) is 7.05. The number of imide groups is 1. The Morgan fingerprint density at radius 2 is 1.78 bits per heavy atom. The number of amides is 2. The maximum atomic E-state index is 12.7. The van der Waals surface area contributed by atoms with Crippen LogP contribution in [0.15, 0.2) is 69.3 Å². The van der Waals surface area contributed by atoms with Gasteiger partial charge in [-0.1, -0.05) is 41.9 Å². The highest BCUT2D eigenvalue weighted by molar-refractivity contribution is 8.18. The summed E-state index contributed by atoms with van der Waals surface area (Å²) in [5.41, 5.74) is 2.42. The van der Waals surface area contributed by atoms with Crippen LogP contribution in [0.5, 0.6) is 0 Å². The molecule has 1 saturated heterocycles. The van der Waals surface area contributed by atoms with E-state index in [1.165, 1.54) is 10.9 Å². The maximum Gasteiger partial charge on any atom is 0.293 e. The molecule has 1 aliphatic heterocycles. The number of rotatable bonds is 6. The molecule has 0 saturated carbocycles. The second kappa shape index (κ2) is 9.42. The molecule has 2 aromatic carbocycles. The first kappa shape index (κ1) is 21.9. The maximum absolute atomic E-state index is 12.7. The molecule has 2 heterocycles. The van der Waals surface area contributed by atoms with Crippen molar-refractivity contribution in [2.45, 2.75) is 6.92 Å². The van der Waals surface area contributed by atoms with Gasteiger partial charge in [0.25, 0.3) is 16.7 Å². The third-order valence-corrected chi connectivity index (χ3v) is 6.01. The van der Waals surface area contributed by atoms with Crippen LogP contribution in [0.4, 0.5) is 4.79 Å². The number of benzene rings is 2. The SMILES string of the molecule is Cc1[nH]n(-c2ccccc2)c(=O)c1C=NCCN1C(=O)S/C(=C/c2ccc(Cl)cc2)C1=O. The Bertz CT molecular complexity index is 1280. The fourth-order valence-corrected chi connectivity index (χ4v) is 4.18. The van der Waals surface area contributed by atoms with Crippen molar-refractivity contribution < 1.29 is 9.59 Å². The first-order valence-corrected chi connectivity index (χ1v) is 11.0. The van der Waals surface area contributed by atoms with Crippen LogP contribution in [0.1, 0.15) is 16.8 Å². The molecule has 1 N–H and O–H groups in total. The van der Waals surface area contributed by atoms with E-state index in [-0.39, 0.29) is 29.8 Å². The minimum Gasteiger partial charge on any atom is -0.295 e. The Morgan fingerprint density at radius 1 is 1.06 bits per heavy atom. The Kier molecular flexibility index (Phi) is 6.43. The fraction of sp³-hybridized carbons (Fsp3) is 0.130. The largest absolute Gasteiger partial charge is 0.295 e. The molecular formula is C23H19ClN4O3S. The van der Waals surface area contributed by atoms with Crippen LogP contribution < -0.4 is 5.56 Å².